The van der Waals surface area contributed by atoms with Crippen molar-refractivity contribution in [3.05, 3.63) is 85.1 Å². The van der Waals surface area contributed by atoms with Crippen molar-refractivity contribution in [1.82, 2.24) is 10.2 Å². The number of amides is 1. The quantitative estimate of drug-likeness (QED) is 0.519. The van der Waals surface area contributed by atoms with E-state index < -0.39 is 16.4 Å². The van der Waals surface area contributed by atoms with Crippen molar-refractivity contribution in [2.45, 2.75) is 12.3 Å². The second-order valence-corrected chi connectivity index (χ2v) is 6.73. The number of nitro benzene ring substituents is 1. The molecule has 1 unspecified atom stereocenters. The molecular weight excluding hydrogens is 384 g/mol. The number of hydrogen-bond acceptors (Lipinski definition) is 5. The lowest BCUT2D eigenvalue weighted by Gasteiger charge is -2.26. The summed E-state index contributed by atoms with van der Waals surface area (Å²) >= 11 is 6.28. The zero-order valence-corrected chi connectivity index (χ0v) is 15.1. The lowest BCUT2D eigenvalue weighted by molar-refractivity contribution is -0.384. The van der Waals surface area contributed by atoms with Gasteiger partial charge in [-0.15, -0.1) is 0 Å². The van der Waals surface area contributed by atoms with Crippen molar-refractivity contribution in [3.63, 3.8) is 0 Å². The number of nitro groups is 1. The van der Waals surface area contributed by atoms with E-state index in [0.717, 1.165) is 0 Å². The number of nitrogens with one attached hydrogen (secondary N) is 2. The molecule has 0 fully saturated rings. The predicted octanol–water partition coefficient (Wildman–Crippen LogP) is 3.47. The Bertz CT molecular complexity index is 1160. The second-order valence-electron chi connectivity index (χ2n) is 6.32. The van der Waals surface area contributed by atoms with Crippen LogP contribution in [-0.2, 0) is 4.79 Å². The van der Waals surface area contributed by atoms with Crippen LogP contribution < -0.4 is 10.9 Å². The number of anilines is 1. The number of rotatable bonds is 3. The Morgan fingerprint density at radius 1 is 1.14 bits per heavy atom. The van der Waals surface area contributed by atoms with E-state index in [-0.39, 0.29) is 28.6 Å². The summed E-state index contributed by atoms with van der Waals surface area (Å²) in [7, 11) is 0. The SMILES string of the molecule is O=C1CC(c2cc([N+](=O)[O-])ccc2Cl)c2c(c(-c3ccccc3)n[nH]c2=O)N1. The summed E-state index contributed by atoms with van der Waals surface area (Å²) in [6.45, 7) is 0. The molecule has 1 aliphatic heterocycles. The third-order valence-electron chi connectivity index (χ3n) is 4.64. The minimum Gasteiger partial charge on any atom is -0.324 e. The summed E-state index contributed by atoms with van der Waals surface area (Å²) in [6, 6.07) is 13.1. The molecule has 9 heteroatoms. The van der Waals surface area contributed by atoms with Crippen molar-refractivity contribution < 1.29 is 9.72 Å². The maximum Gasteiger partial charge on any atom is 0.270 e. The van der Waals surface area contributed by atoms with Crippen LogP contribution in [0.5, 0.6) is 0 Å². The fraction of sp³-hybridized carbons (Fsp3) is 0.105. The fourth-order valence-electron chi connectivity index (χ4n) is 3.38. The number of benzene rings is 2. The van der Waals surface area contributed by atoms with E-state index in [0.29, 0.717) is 22.5 Å². The molecule has 0 radical (unpaired) electrons. The van der Waals surface area contributed by atoms with Crippen molar-refractivity contribution in [2.24, 2.45) is 0 Å². The van der Waals surface area contributed by atoms with Crippen LogP contribution in [0.2, 0.25) is 5.02 Å². The minimum absolute atomic E-state index is 0.0603. The molecule has 0 saturated carbocycles. The Labute approximate surface area is 163 Å². The van der Waals surface area contributed by atoms with Crippen LogP contribution in [0.25, 0.3) is 11.3 Å². The number of non-ortho nitro benzene ring substituents is 1. The smallest absolute Gasteiger partial charge is 0.270 e. The lowest BCUT2D eigenvalue weighted by atomic mass is 9.84. The third kappa shape index (κ3) is 3.03. The molecule has 1 amide bonds. The first kappa shape index (κ1) is 17.9. The van der Waals surface area contributed by atoms with Gasteiger partial charge in [-0.1, -0.05) is 41.9 Å². The maximum atomic E-state index is 12.6. The molecule has 4 rings (SSSR count). The van der Waals surface area contributed by atoms with Gasteiger partial charge in [0.2, 0.25) is 5.91 Å². The van der Waals surface area contributed by atoms with Gasteiger partial charge in [-0.05, 0) is 11.6 Å². The molecule has 2 aromatic carbocycles. The van der Waals surface area contributed by atoms with Gasteiger partial charge in [0, 0.05) is 35.1 Å². The van der Waals surface area contributed by atoms with Crippen molar-refractivity contribution in [3.8, 4) is 11.3 Å². The van der Waals surface area contributed by atoms with Gasteiger partial charge >= 0.3 is 0 Å². The van der Waals surface area contributed by atoms with Crippen molar-refractivity contribution in [1.29, 1.82) is 0 Å². The van der Waals surface area contributed by atoms with Gasteiger partial charge in [0.1, 0.15) is 5.69 Å². The van der Waals surface area contributed by atoms with Crippen LogP contribution in [0, 0.1) is 10.1 Å². The number of aromatic amines is 1. The number of H-pyrrole nitrogens is 1. The molecule has 1 aliphatic rings. The molecule has 2 heterocycles. The van der Waals surface area contributed by atoms with Crippen molar-refractivity contribution in [2.75, 3.05) is 5.32 Å². The van der Waals surface area contributed by atoms with Gasteiger partial charge in [0.25, 0.3) is 11.2 Å². The largest absolute Gasteiger partial charge is 0.324 e. The highest BCUT2D eigenvalue weighted by Gasteiger charge is 2.33. The first-order chi connectivity index (χ1) is 13.5. The Morgan fingerprint density at radius 2 is 1.89 bits per heavy atom. The molecule has 2 N–H and O–H groups in total. The maximum absolute atomic E-state index is 12.6. The van der Waals surface area contributed by atoms with Crippen molar-refractivity contribution >= 4 is 28.9 Å². The number of halogens is 1. The van der Waals surface area contributed by atoms with E-state index in [1.54, 1.807) is 12.1 Å². The minimum atomic E-state index is -0.731. The number of carbonyl (C=O) groups excluding carboxylic acids is 1. The van der Waals surface area contributed by atoms with Crippen LogP contribution in [0.1, 0.15) is 23.5 Å². The number of nitrogens with zero attached hydrogens (tertiary/aromatic N) is 2. The topological polar surface area (TPSA) is 118 Å². The van der Waals surface area contributed by atoms with Gasteiger partial charge in [0.15, 0.2) is 0 Å². The molecule has 0 aliphatic carbocycles. The first-order valence-corrected chi connectivity index (χ1v) is 8.75. The lowest BCUT2D eigenvalue weighted by Crippen LogP contribution is -2.31. The monoisotopic (exact) mass is 396 g/mol. The van der Waals surface area contributed by atoms with E-state index >= 15 is 0 Å². The molecule has 3 aromatic rings. The summed E-state index contributed by atoms with van der Waals surface area (Å²) in [5, 5.41) is 20.7. The third-order valence-corrected chi connectivity index (χ3v) is 4.98. The molecular formula is C19H13ClN4O4. The van der Waals surface area contributed by atoms with Gasteiger partial charge < -0.3 is 5.32 Å². The molecule has 28 heavy (non-hydrogen) atoms. The molecule has 0 bridgehead atoms. The number of carbonyl (C=O) groups is 1. The van der Waals surface area contributed by atoms with E-state index in [9.17, 15) is 19.7 Å². The van der Waals surface area contributed by atoms with E-state index in [1.165, 1.54) is 18.2 Å². The zero-order valence-electron chi connectivity index (χ0n) is 14.3. The highest BCUT2D eigenvalue weighted by Crippen LogP contribution is 2.41. The first-order valence-electron chi connectivity index (χ1n) is 8.37. The van der Waals surface area contributed by atoms with Gasteiger partial charge in [-0.2, -0.15) is 5.10 Å². The molecule has 140 valence electrons. The summed E-state index contributed by atoms with van der Waals surface area (Å²) < 4.78 is 0. The number of hydrogen-bond donors (Lipinski definition) is 2. The summed E-state index contributed by atoms with van der Waals surface area (Å²) in [5.74, 6) is -1.06. The Hall–Kier alpha value is -3.52. The molecule has 0 spiro atoms. The van der Waals surface area contributed by atoms with Gasteiger partial charge in [-0.25, -0.2) is 5.10 Å². The number of fused-ring (bicyclic) bond motifs is 1. The molecule has 0 saturated heterocycles. The van der Waals surface area contributed by atoms with Crippen LogP contribution in [-0.4, -0.2) is 21.0 Å². The average molecular weight is 397 g/mol. The molecule has 8 nitrogen and oxygen atoms in total. The molecule has 1 aromatic heterocycles. The van der Waals surface area contributed by atoms with E-state index in [2.05, 4.69) is 15.5 Å². The summed E-state index contributed by atoms with van der Waals surface area (Å²) in [4.78, 5) is 35.7. The highest BCUT2D eigenvalue weighted by molar-refractivity contribution is 6.31. The number of aromatic nitrogens is 2. The van der Waals surface area contributed by atoms with Gasteiger partial charge in [0.05, 0.1) is 16.2 Å². The van der Waals surface area contributed by atoms with Gasteiger partial charge in [-0.3, -0.25) is 19.7 Å². The van der Waals surface area contributed by atoms with E-state index in [1.807, 2.05) is 18.2 Å². The fourth-order valence-corrected chi connectivity index (χ4v) is 3.63. The Balaban J connectivity index is 1.96. The molecule has 1 atom stereocenters. The zero-order chi connectivity index (χ0) is 19.8. The average Bonchev–Trinajstić information content (AvgIpc) is 2.68. The van der Waals surface area contributed by atoms with Crippen LogP contribution in [0.15, 0.2) is 53.3 Å². The standard InChI is InChI=1S/C19H13ClN4O4/c20-14-7-6-11(24(27)28)8-12(14)13-9-15(25)21-18-16(13)19(26)23-22-17(18)10-4-2-1-3-5-10/h1-8,13H,9H2,(H,21,25)(H,23,26). The summed E-state index contributed by atoms with van der Waals surface area (Å²) in [5.41, 5.74) is 1.39. The normalized spacial score (nSPS) is 15.6. The van der Waals surface area contributed by atoms with Crippen LogP contribution >= 0.6 is 11.6 Å². The predicted molar refractivity (Wildman–Crippen MR) is 103 cm³/mol. The Morgan fingerprint density at radius 3 is 2.61 bits per heavy atom. The van der Waals surface area contributed by atoms with E-state index in [4.69, 9.17) is 11.6 Å². The highest BCUT2D eigenvalue weighted by atomic mass is 35.5. The van der Waals surface area contributed by atoms with Crippen LogP contribution in [0.3, 0.4) is 0 Å². The van der Waals surface area contributed by atoms with Crippen LogP contribution in [0.4, 0.5) is 11.4 Å². The Kier molecular flexibility index (Phi) is 4.40. The second kappa shape index (κ2) is 6.90. The summed E-state index contributed by atoms with van der Waals surface area (Å²) in [6.07, 6.45) is -0.0603.